The first-order valence-electron chi connectivity index (χ1n) is 10.2. The number of hydrogen-bond acceptors (Lipinski definition) is 4. The fourth-order valence-electron chi connectivity index (χ4n) is 3.99. The van der Waals surface area contributed by atoms with E-state index in [1.54, 1.807) is 0 Å². The number of aliphatic imine (C=N–C) groups is 1. The zero-order valence-electron chi connectivity index (χ0n) is 17.4. The molecule has 2 N–H and O–H groups in total. The van der Waals surface area contributed by atoms with Crippen LogP contribution in [0.4, 0.5) is 0 Å². The van der Waals surface area contributed by atoms with Gasteiger partial charge in [-0.3, -0.25) is 9.89 Å². The number of likely N-dealkylation sites (N-methyl/N-ethyl adjacent to an activating group) is 1. The molecule has 0 aliphatic carbocycles. The van der Waals surface area contributed by atoms with Crippen molar-refractivity contribution in [3.05, 3.63) is 35.9 Å². The van der Waals surface area contributed by atoms with Crippen LogP contribution in [0.25, 0.3) is 0 Å². The first-order chi connectivity index (χ1) is 13.1. The lowest BCUT2D eigenvalue weighted by molar-refractivity contribution is -0.0161. The molecule has 2 fully saturated rings. The molecule has 0 bridgehead atoms. The summed E-state index contributed by atoms with van der Waals surface area (Å²) in [5, 5.41) is 7.06. The van der Waals surface area contributed by atoms with Gasteiger partial charge in [0.2, 0.25) is 0 Å². The Balaban J connectivity index is 0.00000280. The molecule has 6 nitrogen and oxygen atoms in total. The molecular weight excluding hydrogens is 465 g/mol. The number of halogens is 1. The summed E-state index contributed by atoms with van der Waals surface area (Å²) in [7, 11) is 3.99. The average Bonchev–Trinajstić information content (AvgIpc) is 2.68. The van der Waals surface area contributed by atoms with Crippen molar-refractivity contribution in [3.8, 4) is 0 Å². The maximum absolute atomic E-state index is 5.83. The topological polar surface area (TPSA) is 52.1 Å². The van der Waals surface area contributed by atoms with Gasteiger partial charge in [-0.05, 0) is 32.4 Å². The van der Waals surface area contributed by atoms with Crippen molar-refractivity contribution in [3.63, 3.8) is 0 Å². The zero-order chi connectivity index (χ0) is 19.1. The van der Waals surface area contributed by atoms with Crippen LogP contribution >= 0.6 is 24.0 Å². The molecule has 0 saturated carbocycles. The van der Waals surface area contributed by atoms with E-state index in [9.17, 15) is 0 Å². The van der Waals surface area contributed by atoms with Crippen molar-refractivity contribution >= 4 is 29.9 Å². The number of benzene rings is 1. The van der Waals surface area contributed by atoms with Crippen molar-refractivity contribution in [2.45, 2.75) is 44.5 Å². The second-order valence-corrected chi connectivity index (χ2v) is 7.88. The number of guanidine groups is 1. The van der Waals surface area contributed by atoms with E-state index in [4.69, 9.17) is 4.74 Å². The molecule has 1 aromatic rings. The minimum Gasteiger partial charge on any atom is -0.374 e. The molecule has 2 heterocycles. The van der Waals surface area contributed by atoms with E-state index in [2.05, 4.69) is 69.7 Å². The molecule has 1 aromatic carbocycles. The third-order valence-corrected chi connectivity index (χ3v) is 5.65. The number of piperidine rings is 1. The number of rotatable bonds is 5. The molecule has 0 aromatic heterocycles. The predicted octanol–water partition coefficient (Wildman–Crippen LogP) is 2.15. The highest BCUT2D eigenvalue weighted by Crippen LogP contribution is 2.19. The highest BCUT2D eigenvalue weighted by atomic mass is 127. The molecule has 3 unspecified atom stereocenters. The monoisotopic (exact) mass is 501 g/mol. The molecule has 28 heavy (non-hydrogen) atoms. The maximum Gasteiger partial charge on any atom is 0.191 e. The molecule has 158 valence electrons. The minimum absolute atomic E-state index is 0. The van der Waals surface area contributed by atoms with E-state index in [0.717, 1.165) is 58.1 Å². The average molecular weight is 501 g/mol. The number of ether oxygens (including phenoxy) is 1. The lowest BCUT2D eigenvalue weighted by atomic mass is 9.97. The van der Waals surface area contributed by atoms with Crippen molar-refractivity contribution in [2.75, 3.05) is 46.9 Å². The van der Waals surface area contributed by atoms with E-state index in [0.29, 0.717) is 12.1 Å². The summed E-state index contributed by atoms with van der Waals surface area (Å²) in [5.41, 5.74) is 1.39. The van der Waals surface area contributed by atoms with E-state index in [-0.39, 0.29) is 30.1 Å². The molecular formula is C21H36IN5O. The van der Waals surface area contributed by atoms with Gasteiger partial charge in [-0.25, -0.2) is 0 Å². The summed E-state index contributed by atoms with van der Waals surface area (Å²) >= 11 is 0. The predicted molar refractivity (Wildman–Crippen MR) is 126 cm³/mol. The molecule has 3 rings (SSSR count). The fraction of sp³-hybridized carbons (Fsp3) is 0.667. The molecule has 2 saturated heterocycles. The summed E-state index contributed by atoms with van der Waals surface area (Å²) < 4.78 is 5.83. The molecule has 2 aliphatic rings. The zero-order valence-corrected chi connectivity index (χ0v) is 19.8. The Labute approximate surface area is 187 Å². The van der Waals surface area contributed by atoms with Gasteiger partial charge in [0.05, 0.1) is 12.7 Å². The Hall–Kier alpha value is -0.900. The van der Waals surface area contributed by atoms with E-state index < -0.39 is 0 Å². The summed E-state index contributed by atoms with van der Waals surface area (Å²) in [6.07, 6.45) is 2.51. The Morgan fingerprint density at radius 1 is 1.25 bits per heavy atom. The van der Waals surface area contributed by atoms with Crippen LogP contribution in [0.1, 0.15) is 25.3 Å². The van der Waals surface area contributed by atoms with E-state index in [1.165, 1.54) is 5.56 Å². The summed E-state index contributed by atoms with van der Waals surface area (Å²) in [6.45, 7) is 8.08. The number of likely N-dealkylation sites (tertiary alicyclic amines) is 1. The van der Waals surface area contributed by atoms with Crippen LogP contribution in [-0.4, -0.2) is 80.8 Å². The highest BCUT2D eigenvalue weighted by Gasteiger charge is 2.26. The van der Waals surface area contributed by atoms with E-state index in [1.807, 2.05) is 7.05 Å². The Morgan fingerprint density at radius 2 is 2.04 bits per heavy atom. The van der Waals surface area contributed by atoms with Gasteiger partial charge in [0.25, 0.3) is 0 Å². The quantitative estimate of drug-likeness (QED) is 0.368. The largest absolute Gasteiger partial charge is 0.374 e. The molecule has 3 atom stereocenters. The molecule has 0 spiro atoms. The van der Waals surface area contributed by atoms with Crippen molar-refractivity contribution in [2.24, 2.45) is 4.99 Å². The Kier molecular flexibility index (Phi) is 9.98. The van der Waals surface area contributed by atoms with Gasteiger partial charge in [0, 0.05) is 51.9 Å². The van der Waals surface area contributed by atoms with Crippen LogP contribution in [0.5, 0.6) is 0 Å². The smallest absolute Gasteiger partial charge is 0.191 e. The third-order valence-electron chi connectivity index (χ3n) is 5.65. The second kappa shape index (κ2) is 11.9. The van der Waals surface area contributed by atoms with Crippen LogP contribution in [0.3, 0.4) is 0 Å². The lowest BCUT2D eigenvalue weighted by Crippen LogP contribution is -2.53. The van der Waals surface area contributed by atoms with Crippen LogP contribution in [-0.2, 0) is 11.3 Å². The van der Waals surface area contributed by atoms with Gasteiger partial charge >= 0.3 is 0 Å². The van der Waals surface area contributed by atoms with Gasteiger partial charge in [0.1, 0.15) is 0 Å². The number of nitrogens with zero attached hydrogens (tertiary/aromatic N) is 3. The Bertz CT molecular complexity index is 600. The number of morpholine rings is 1. The standard InChI is InChI=1S/C21H35N5O.HI/c1-17-13-19(9-10-26(17)15-18-7-5-4-6-8-18)24-21(22-2)23-14-20-16-25(3)11-12-27-20;/h4-8,17,19-20H,9-16H2,1-3H3,(H2,22,23,24);1H. The Morgan fingerprint density at radius 3 is 2.71 bits per heavy atom. The maximum atomic E-state index is 5.83. The van der Waals surface area contributed by atoms with Crippen LogP contribution < -0.4 is 10.6 Å². The first kappa shape index (κ1) is 23.4. The van der Waals surface area contributed by atoms with Crippen molar-refractivity contribution in [1.82, 2.24) is 20.4 Å². The summed E-state index contributed by atoms with van der Waals surface area (Å²) in [6, 6.07) is 11.8. The minimum atomic E-state index is 0. The summed E-state index contributed by atoms with van der Waals surface area (Å²) in [4.78, 5) is 9.30. The SMILES string of the molecule is CN=C(NCC1CN(C)CCO1)NC1CCN(Cc2ccccc2)C(C)C1.I. The van der Waals surface area contributed by atoms with Gasteiger partial charge in [-0.1, -0.05) is 30.3 Å². The normalized spacial score (nSPS) is 27.1. The van der Waals surface area contributed by atoms with Crippen LogP contribution in [0.15, 0.2) is 35.3 Å². The molecule has 0 radical (unpaired) electrons. The van der Waals surface area contributed by atoms with Crippen LogP contribution in [0.2, 0.25) is 0 Å². The van der Waals surface area contributed by atoms with E-state index >= 15 is 0 Å². The number of nitrogens with one attached hydrogen (secondary N) is 2. The fourth-order valence-corrected chi connectivity index (χ4v) is 3.99. The van der Waals surface area contributed by atoms with Crippen LogP contribution in [0, 0.1) is 0 Å². The van der Waals surface area contributed by atoms with Crippen molar-refractivity contribution < 1.29 is 4.74 Å². The molecule has 0 amide bonds. The first-order valence-corrected chi connectivity index (χ1v) is 10.2. The van der Waals surface area contributed by atoms with Gasteiger partial charge in [0.15, 0.2) is 5.96 Å². The highest BCUT2D eigenvalue weighted by molar-refractivity contribution is 14.0. The molecule has 2 aliphatic heterocycles. The second-order valence-electron chi connectivity index (χ2n) is 7.88. The van der Waals surface area contributed by atoms with Gasteiger partial charge in [-0.2, -0.15) is 0 Å². The third kappa shape index (κ3) is 7.17. The van der Waals surface area contributed by atoms with Gasteiger partial charge in [-0.15, -0.1) is 24.0 Å². The summed E-state index contributed by atoms with van der Waals surface area (Å²) in [5.74, 6) is 0.889. The number of hydrogen-bond donors (Lipinski definition) is 2. The van der Waals surface area contributed by atoms with Crippen molar-refractivity contribution in [1.29, 1.82) is 0 Å². The lowest BCUT2D eigenvalue weighted by Gasteiger charge is -2.38. The van der Waals surface area contributed by atoms with Gasteiger partial charge < -0.3 is 20.3 Å². The molecule has 7 heteroatoms.